The fourth-order valence-corrected chi connectivity index (χ4v) is 0.798. The minimum Gasteiger partial charge on any atom is 0 e. The molecule has 0 unspecified atom stereocenters. The summed E-state index contributed by atoms with van der Waals surface area (Å²) in [6.07, 6.45) is 0. The number of hydrogen-bond donors (Lipinski definition) is 0. The average molecular weight is 433 g/mol. The van der Waals surface area contributed by atoms with Crippen LogP contribution in [-0.2, 0) is 41.7 Å². The third kappa shape index (κ3) is 11.7. The van der Waals surface area contributed by atoms with Crippen LogP contribution in [0.4, 0.5) is 0 Å². The maximum absolute atomic E-state index is 8.08. The predicted molar refractivity (Wildman–Crippen MR) is 62.7 cm³/mol. The molecular formula is C8N4NiS2Se2-2. The summed E-state index contributed by atoms with van der Waals surface area (Å²) >= 11 is 13.7. The number of rotatable bonds is 0. The topological polar surface area (TPSA) is 95.2 Å². The minimum atomic E-state index is -0.0278. The SMILES string of the molecule is N#CC(C#N)=C([S-])[Se].N#CC(C#N)=C([S-])[Se].[Ni]. The normalized spacial score (nSPS) is 5.88. The van der Waals surface area contributed by atoms with Crippen LogP contribution in [0.15, 0.2) is 18.8 Å². The van der Waals surface area contributed by atoms with Crippen LogP contribution in [0.3, 0.4) is 0 Å². The zero-order chi connectivity index (χ0) is 13.1. The van der Waals surface area contributed by atoms with Crippen LogP contribution in [0.1, 0.15) is 0 Å². The third-order valence-corrected chi connectivity index (χ3v) is 2.12. The summed E-state index contributed by atoms with van der Waals surface area (Å²) in [5, 5.41) is 32.3. The van der Waals surface area contributed by atoms with Crippen LogP contribution in [0.5, 0.6) is 0 Å². The summed E-state index contributed by atoms with van der Waals surface area (Å²) in [7, 11) is 0. The second-order valence-electron chi connectivity index (χ2n) is 1.77. The van der Waals surface area contributed by atoms with E-state index in [-0.39, 0.29) is 35.2 Å². The summed E-state index contributed by atoms with van der Waals surface area (Å²) < 4.78 is 0.463. The molecule has 0 fully saturated rings. The van der Waals surface area contributed by atoms with E-state index < -0.39 is 0 Å². The largest absolute Gasteiger partial charge is 0 e. The molecular weight excluding hydrogens is 433 g/mol. The molecule has 0 saturated heterocycles. The first-order chi connectivity index (χ1) is 7.44. The van der Waals surface area contributed by atoms with E-state index in [4.69, 9.17) is 21.0 Å². The first-order valence-electron chi connectivity index (χ1n) is 3.21. The molecule has 0 aliphatic heterocycles. The van der Waals surface area contributed by atoms with Crippen molar-refractivity contribution in [2.45, 2.75) is 0 Å². The molecule has 2 radical (unpaired) electrons. The third-order valence-electron chi connectivity index (χ3n) is 0.855. The molecule has 17 heavy (non-hydrogen) atoms. The average Bonchev–Trinajstić information content (AvgIpc) is 2.21. The van der Waals surface area contributed by atoms with Crippen molar-refractivity contribution in [2.75, 3.05) is 0 Å². The van der Waals surface area contributed by atoms with Crippen LogP contribution in [0, 0.1) is 45.3 Å². The molecule has 0 bridgehead atoms. The van der Waals surface area contributed by atoms with Crippen molar-refractivity contribution < 1.29 is 16.5 Å². The van der Waals surface area contributed by atoms with Gasteiger partial charge in [0, 0.05) is 16.5 Å². The first-order valence-corrected chi connectivity index (χ1v) is 5.74. The molecule has 0 amide bonds. The van der Waals surface area contributed by atoms with E-state index >= 15 is 0 Å². The zero-order valence-electron chi connectivity index (χ0n) is 7.74. The summed E-state index contributed by atoms with van der Waals surface area (Å²) in [4.78, 5) is 0. The molecule has 0 aromatic rings. The summed E-state index contributed by atoms with van der Waals surface area (Å²) in [5.41, 5.74) is -0.0556. The standard InChI is InChI=1S/2C4HN2SSe.Ni/c2*5-1-3(2-6)4(7)8;/h2*7H;/p-2. The fourth-order valence-electron chi connectivity index (χ4n) is 0.233. The van der Waals surface area contributed by atoms with Gasteiger partial charge in [-0.25, -0.2) is 0 Å². The number of nitriles is 4. The second kappa shape index (κ2) is 13.5. The molecule has 9 heteroatoms. The van der Waals surface area contributed by atoms with Gasteiger partial charge in [0.25, 0.3) is 0 Å². The van der Waals surface area contributed by atoms with Crippen molar-refractivity contribution in [2.24, 2.45) is 0 Å². The Kier molecular flexibility index (Phi) is 17.2. The van der Waals surface area contributed by atoms with E-state index in [2.05, 4.69) is 57.3 Å². The molecule has 0 saturated carbocycles. The van der Waals surface area contributed by atoms with E-state index in [1.807, 2.05) is 0 Å². The van der Waals surface area contributed by atoms with Crippen molar-refractivity contribution in [1.82, 2.24) is 0 Å². The summed E-state index contributed by atoms with van der Waals surface area (Å²) in [6.45, 7) is 0. The maximum Gasteiger partial charge on any atom is 0 e. The van der Waals surface area contributed by atoms with Gasteiger partial charge in [-0.05, 0) is 0 Å². The Balaban J connectivity index is -0.000000218. The van der Waals surface area contributed by atoms with Gasteiger partial charge in [-0.2, -0.15) is 0 Å². The van der Waals surface area contributed by atoms with Gasteiger partial charge in [0.1, 0.15) is 0 Å². The Morgan fingerprint density at radius 2 is 0.882 bits per heavy atom. The van der Waals surface area contributed by atoms with Crippen LogP contribution in [-0.4, -0.2) is 32.0 Å². The van der Waals surface area contributed by atoms with E-state index in [9.17, 15) is 0 Å². The van der Waals surface area contributed by atoms with Crippen molar-refractivity contribution in [3.05, 3.63) is 18.8 Å². The smallest absolute Gasteiger partial charge is 0 e. The number of allylic oxidation sites excluding steroid dienone is 2. The molecule has 0 N–H and O–H groups in total. The van der Waals surface area contributed by atoms with Gasteiger partial charge >= 0.3 is 121 Å². The molecule has 0 rings (SSSR count). The van der Waals surface area contributed by atoms with Gasteiger partial charge in [0.15, 0.2) is 0 Å². The van der Waals surface area contributed by atoms with Gasteiger partial charge in [-0.15, -0.1) is 0 Å². The zero-order valence-corrected chi connectivity index (χ0v) is 13.8. The molecule has 4 nitrogen and oxygen atoms in total. The quantitative estimate of drug-likeness (QED) is 0.302. The van der Waals surface area contributed by atoms with Gasteiger partial charge in [0.2, 0.25) is 0 Å². The molecule has 0 aromatic heterocycles. The van der Waals surface area contributed by atoms with Gasteiger partial charge in [0.05, 0.1) is 0 Å². The molecule has 0 atom stereocenters. The Morgan fingerprint density at radius 3 is 0.882 bits per heavy atom. The Hall–Kier alpha value is -0.588. The van der Waals surface area contributed by atoms with E-state index in [1.165, 1.54) is 0 Å². The number of hydrogen-bond acceptors (Lipinski definition) is 6. The molecule has 88 valence electrons. The van der Waals surface area contributed by atoms with Crippen molar-refractivity contribution >= 4 is 57.3 Å². The molecule has 0 aromatic carbocycles. The summed E-state index contributed by atoms with van der Waals surface area (Å²) in [5.74, 6) is 0. The Bertz CT molecular complexity index is 402. The van der Waals surface area contributed by atoms with Crippen LogP contribution < -0.4 is 0 Å². The van der Waals surface area contributed by atoms with E-state index in [1.54, 1.807) is 24.3 Å². The van der Waals surface area contributed by atoms with Gasteiger partial charge < -0.3 is 0 Å². The van der Waals surface area contributed by atoms with E-state index in [0.717, 1.165) is 0 Å². The first kappa shape index (κ1) is 21.7. The summed E-state index contributed by atoms with van der Waals surface area (Å²) in [6, 6.07) is 6.54. The number of nitrogens with zero attached hydrogens (tertiary/aromatic N) is 4. The van der Waals surface area contributed by atoms with Crippen molar-refractivity contribution in [3.8, 4) is 24.3 Å². The molecule has 0 aliphatic carbocycles. The van der Waals surface area contributed by atoms with Crippen LogP contribution in [0.2, 0.25) is 0 Å². The molecule has 0 aliphatic rings. The van der Waals surface area contributed by atoms with Crippen molar-refractivity contribution in [1.29, 1.82) is 21.0 Å². The molecule has 0 spiro atoms. The fraction of sp³-hybridized carbons (Fsp3) is 0. The monoisotopic (exact) mass is 434 g/mol. The van der Waals surface area contributed by atoms with Crippen LogP contribution >= 0.6 is 0 Å². The van der Waals surface area contributed by atoms with Crippen molar-refractivity contribution in [3.63, 3.8) is 0 Å². The Labute approximate surface area is 137 Å². The van der Waals surface area contributed by atoms with Crippen LogP contribution in [0.25, 0.3) is 0 Å². The van der Waals surface area contributed by atoms with Gasteiger partial charge in [-0.3, -0.25) is 0 Å². The van der Waals surface area contributed by atoms with E-state index in [0.29, 0.717) is 0 Å². The minimum absolute atomic E-state index is 0. The second-order valence-corrected chi connectivity index (χ2v) is 5.47. The predicted octanol–water partition coefficient (Wildman–Crippen LogP) is -0.0814. The Morgan fingerprint density at radius 1 is 0.706 bits per heavy atom. The molecule has 0 heterocycles. The maximum atomic E-state index is 8.08. The van der Waals surface area contributed by atoms with Gasteiger partial charge in [-0.1, -0.05) is 0 Å².